The number of benzene rings is 1. The Balaban J connectivity index is 1.56. The van der Waals surface area contributed by atoms with E-state index in [1.807, 2.05) is 43.9 Å². The second-order valence-electron chi connectivity index (χ2n) is 14.4. The lowest BCUT2D eigenvalue weighted by Crippen LogP contribution is -2.58. The molecule has 11 nitrogen and oxygen atoms in total. The number of hydrogen-bond acceptors (Lipinski definition) is 7. The highest BCUT2D eigenvalue weighted by Gasteiger charge is 2.38. The predicted molar refractivity (Wildman–Crippen MR) is 170 cm³/mol. The number of hydrogen-bond donors (Lipinski definition) is 0. The van der Waals surface area contributed by atoms with Crippen molar-refractivity contribution in [3.63, 3.8) is 0 Å². The number of ether oxygens (including phenoxy) is 2. The Morgan fingerprint density at radius 1 is 1.07 bits per heavy atom. The summed E-state index contributed by atoms with van der Waals surface area (Å²) in [6.45, 7) is 18.7. The molecular formula is C31H49N5O6Si. The van der Waals surface area contributed by atoms with Crippen LogP contribution >= 0.6 is 0 Å². The van der Waals surface area contributed by atoms with E-state index < -0.39 is 25.6 Å². The number of aryl methyl sites for hydroxylation is 1. The van der Waals surface area contributed by atoms with E-state index >= 15 is 0 Å². The van der Waals surface area contributed by atoms with E-state index in [0.29, 0.717) is 37.3 Å². The zero-order valence-electron chi connectivity index (χ0n) is 27.3. The Morgan fingerprint density at radius 2 is 1.77 bits per heavy atom. The lowest BCUT2D eigenvalue weighted by Gasteiger charge is -2.44. The van der Waals surface area contributed by atoms with Gasteiger partial charge in [-0.05, 0) is 57.4 Å². The fourth-order valence-corrected chi connectivity index (χ4v) is 6.50. The van der Waals surface area contributed by atoms with Crippen LogP contribution in [0.1, 0.15) is 53.5 Å². The monoisotopic (exact) mass is 615 g/mol. The molecule has 3 amide bonds. The number of likely N-dealkylation sites (tertiary alicyclic amines) is 1. The molecule has 4 rings (SSSR count). The molecular weight excluding hydrogens is 566 g/mol. The zero-order chi connectivity index (χ0) is 31.9. The quantitative estimate of drug-likeness (QED) is 0.246. The Labute approximate surface area is 255 Å². The highest BCUT2D eigenvalue weighted by atomic mass is 28.3. The molecule has 0 radical (unpaired) electrons. The van der Waals surface area contributed by atoms with Crippen molar-refractivity contribution in [1.82, 2.24) is 18.9 Å². The van der Waals surface area contributed by atoms with Crippen LogP contribution in [-0.4, -0.2) is 89.5 Å². The van der Waals surface area contributed by atoms with E-state index in [4.69, 9.17) is 9.47 Å². The maximum Gasteiger partial charge on any atom is 0.410 e. The number of nitrogens with zero attached hydrogens (tertiary/aromatic N) is 5. The van der Waals surface area contributed by atoms with Crippen molar-refractivity contribution < 1.29 is 23.9 Å². The fraction of sp³-hybridized carbons (Fsp3) is 0.677. The standard InChI is InChI=1S/C31H49N5O6Si/c1-21(2)26-19-33(14-15-34(26)30(40)42-31(3,4)5)22-10-11-23-25(18-22)32(6)29(39)36(23)24-12-13-27(37)35(28(24)38)20-41-16-17-43(7,8)9/h10-11,18,21,24,26H,12-17,19-20H2,1-9H3/t24?,26-/m1/s1. The number of anilines is 1. The van der Waals surface area contributed by atoms with Crippen molar-refractivity contribution in [2.24, 2.45) is 13.0 Å². The van der Waals surface area contributed by atoms with Crippen LogP contribution in [0.2, 0.25) is 25.7 Å². The molecule has 3 heterocycles. The largest absolute Gasteiger partial charge is 0.444 e. The molecule has 2 aliphatic heterocycles. The summed E-state index contributed by atoms with van der Waals surface area (Å²) in [6, 6.07) is 5.95. The summed E-state index contributed by atoms with van der Waals surface area (Å²) >= 11 is 0. The summed E-state index contributed by atoms with van der Waals surface area (Å²) in [4.78, 5) is 57.9. The van der Waals surface area contributed by atoms with Crippen LogP contribution in [0.25, 0.3) is 11.0 Å². The first-order valence-corrected chi connectivity index (χ1v) is 19.1. The van der Waals surface area contributed by atoms with E-state index in [9.17, 15) is 19.2 Å². The number of piperazine rings is 1. The first-order chi connectivity index (χ1) is 20.0. The molecule has 0 saturated carbocycles. The first kappa shape index (κ1) is 32.8. The van der Waals surface area contributed by atoms with Gasteiger partial charge >= 0.3 is 11.8 Å². The fourth-order valence-electron chi connectivity index (χ4n) is 5.74. The Hall–Kier alpha value is -3.12. The minimum absolute atomic E-state index is 0.0379. The van der Waals surface area contributed by atoms with Gasteiger partial charge in [-0.3, -0.25) is 23.6 Å². The van der Waals surface area contributed by atoms with E-state index in [1.165, 1.54) is 4.57 Å². The molecule has 2 saturated heterocycles. The molecule has 0 bridgehead atoms. The third-order valence-electron chi connectivity index (χ3n) is 8.27. The molecule has 1 aromatic carbocycles. The summed E-state index contributed by atoms with van der Waals surface area (Å²) in [7, 11) is 0.395. The van der Waals surface area contributed by atoms with Gasteiger partial charge in [-0.1, -0.05) is 33.5 Å². The second-order valence-corrected chi connectivity index (χ2v) is 20.0. The van der Waals surface area contributed by atoms with Crippen LogP contribution in [0.3, 0.4) is 0 Å². The average molecular weight is 616 g/mol. The average Bonchev–Trinajstić information content (AvgIpc) is 3.15. The van der Waals surface area contributed by atoms with Crippen LogP contribution in [0.4, 0.5) is 10.5 Å². The molecule has 0 aliphatic carbocycles. The molecule has 43 heavy (non-hydrogen) atoms. The van der Waals surface area contributed by atoms with Crippen molar-refractivity contribution >= 4 is 42.7 Å². The summed E-state index contributed by atoms with van der Waals surface area (Å²) in [5.74, 6) is -0.456. The van der Waals surface area contributed by atoms with E-state index in [-0.39, 0.29) is 49.2 Å². The van der Waals surface area contributed by atoms with Crippen LogP contribution in [0, 0.1) is 5.92 Å². The number of imidazole rings is 1. The third-order valence-corrected chi connectivity index (χ3v) is 9.97. The number of fused-ring (bicyclic) bond motifs is 1. The highest BCUT2D eigenvalue weighted by molar-refractivity contribution is 6.76. The molecule has 1 aromatic heterocycles. The van der Waals surface area contributed by atoms with Crippen LogP contribution in [-0.2, 0) is 26.1 Å². The SMILES string of the molecule is CC(C)[C@H]1CN(c2ccc3c(c2)n(C)c(=O)n3C2CCC(=O)N(COCC[Si](C)(C)C)C2=O)CCN1C(=O)OC(C)(C)C. The molecule has 0 spiro atoms. The summed E-state index contributed by atoms with van der Waals surface area (Å²) in [5.41, 5.74) is 1.44. The maximum absolute atomic E-state index is 13.5. The molecule has 238 valence electrons. The van der Waals surface area contributed by atoms with E-state index in [2.05, 4.69) is 38.4 Å². The number of carbonyl (C=O) groups is 3. The van der Waals surface area contributed by atoms with Crippen LogP contribution in [0.5, 0.6) is 0 Å². The van der Waals surface area contributed by atoms with Crippen molar-refractivity contribution in [2.45, 2.75) is 90.8 Å². The number of amides is 3. The first-order valence-electron chi connectivity index (χ1n) is 15.4. The summed E-state index contributed by atoms with van der Waals surface area (Å²) in [6.07, 6.45) is 0.145. The Bertz CT molecular complexity index is 1420. The van der Waals surface area contributed by atoms with Gasteiger partial charge in [0.15, 0.2) is 0 Å². The Kier molecular flexibility index (Phi) is 9.51. The van der Waals surface area contributed by atoms with Gasteiger partial charge in [-0.25, -0.2) is 9.59 Å². The van der Waals surface area contributed by atoms with Crippen molar-refractivity contribution in [3.05, 3.63) is 28.7 Å². The zero-order valence-corrected chi connectivity index (χ0v) is 28.3. The number of rotatable bonds is 8. The lowest BCUT2D eigenvalue weighted by molar-refractivity contribution is -0.157. The van der Waals surface area contributed by atoms with Gasteiger partial charge in [0.2, 0.25) is 5.91 Å². The number of imide groups is 1. The highest BCUT2D eigenvalue weighted by Crippen LogP contribution is 2.30. The smallest absolute Gasteiger partial charge is 0.410 e. The Morgan fingerprint density at radius 3 is 2.40 bits per heavy atom. The van der Waals surface area contributed by atoms with Gasteiger partial charge in [0, 0.05) is 53.5 Å². The van der Waals surface area contributed by atoms with E-state index in [0.717, 1.165) is 16.6 Å². The van der Waals surface area contributed by atoms with Crippen molar-refractivity contribution in [3.8, 4) is 0 Å². The topological polar surface area (TPSA) is 106 Å². The number of aromatic nitrogens is 2. The molecule has 1 unspecified atom stereocenters. The molecule has 2 aliphatic rings. The molecule has 12 heteroatoms. The lowest BCUT2D eigenvalue weighted by atomic mass is 9.99. The van der Waals surface area contributed by atoms with Crippen molar-refractivity contribution in [2.75, 3.05) is 37.9 Å². The predicted octanol–water partition coefficient (Wildman–Crippen LogP) is 4.42. The van der Waals surface area contributed by atoms with Gasteiger partial charge in [0.25, 0.3) is 5.91 Å². The number of carbonyl (C=O) groups excluding carboxylic acids is 3. The van der Waals surface area contributed by atoms with E-state index in [1.54, 1.807) is 11.6 Å². The molecule has 2 atom stereocenters. The second kappa shape index (κ2) is 12.5. The summed E-state index contributed by atoms with van der Waals surface area (Å²) < 4.78 is 14.5. The minimum atomic E-state index is -1.31. The van der Waals surface area contributed by atoms with Gasteiger partial charge in [-0.2, -0.15) is 0 Å². The number of piperidine rings is 1. The van der Waals surface area contributed by atoms with Gasteiger partial charge in [0.1, 0.15) is 18.4 Å². The molecule has 0 N–H and O–H groups in total. The van der Waals surface area contributed by atoms with Gasteiger partial charge in [0.05, 0.1) is 17.1 Å². The maximum atomic E-state index is 13.5. The minimum Gasteiger partial charge on any atom is -0.444 e. The molecule has 2 aromatic rings. The van der Waals surface area contributed by atoms with Gasteiger partial charge < -0.3 is 19.3 Å². The normalized spacial score (nSPS) is 20.5. The van der Waals surface area contributed by atoms with Crippen molar-refractivity contribution in [1.29, 1.82) is 0 Å². The van der Waals surface area contributed by atoms with Crippen LogP contribution < -0.4 is 10.6 Å². The molecule has 2 fully saturated rings. The summed E-state index contributed by atoms with van der Waals surface area (Å²) in [5, 5.41) is 0. The van der Waals surface area contributed by atoms with Gasteiger partial charge in [-0.15, -0.1) is 0 Å². The third kappa shape index (κ3) is 7.34. The van der Waals surface area contributed by atoms with Crippen LogP contribution in [0.15, 0.2) is 23.0 Å².